The highest BCUT2D eigenvalue weighted by molar-refractivity contribution is 7.67. The lowest BCUT2D eigenvalue weighted by atomic mass is 10.0. The number of benzene rings is 2. The lowest BCUT2D eigenvalue weighted by molar-refractivity contribution is 0.0603. The zero-order valence-corrected chi connectivity index (χ0v) is 10.3. The van der Waals surface area contributed by atoms with E-state index in [9.17, 15) is 13.2 Å². The second-order valence-electron chi connectivity index (χ2n) is 3.49. The zero-order chi connectivity index (χ0) is 13.1. The second-order valence-corrected chi connectivity index (χ2v) is 4.12. The summed E-state index contributed by atoms with van der Waals surface area (Å²) in [5, 5.41) is 1.38. The number of hydrogen-bond acceptors (Lipinski definition) is 5. The lowest BCUT2D eigenvalue weighted by Crippen LogP contribution is -2.01. The van der Waals surface area contributed by atoms with Crippen molar-refractivity contribution in [2.75, 3.05) is 7.11 Å². The largest absolute Gasteiger partial charge is 0.465 e. The Morgan fingerprint density at radius 1 is 1.17 bits per heavy atom. The maximum atomic E-state index is 11.5. The van der Waals surface area contributed by atoms with E-state index < -0.39 is 17.0 Å². The van der Waals surface area contributed by atoms with Crippen LogP contribution in [-0.4, -0.2) is 21.5 Å². The molecule has 0 heterocycles. The smallest absolute Gasteiger partial charge is 0.338 e. The van der Waals surface area contributed by atoms with E-state index in [4.69, 9.17) is 0 Å². The van der Waals surface area contributed by atoms with Crippen molar-refractivity contribution in [3.8, 4) is 5.75 Å². The van der Waals surface area contributed by atoms with Crippen molar-refractivity contribution in [1.29, 1.82) is 0 Å². The Morgan fingerprint density at radius 3 is 2.61 bits per heavy atom. The molecule has 2 aromatic rings. The van der Waals surface area contributed by atoms with Crippen molar-refractivity contribution in [2.24, 2.45) is 0 Å². The van der Waals surface area contributed by atoms with Crippen LogP contribution in [0.4, 0.5) is 0 Å². The van der Waals surface area contributed by atoms with Gasteiger partial charge in [-0.3, -0.25) is 0 Å². The zero-order valence-electron chi connectivity index (χ0n) is 9.45. The van der Waals surface area contributed by atoms with Gasteiger partial charge in [-0.1, -0.05) is 12.1 Å². The van der Waals surface area contributed by atoms with Gasteiger partial charge >= 0.3 is 5.97 Å². The van der Waals surface area contributed by atoms with E-state index in [1.165, 1.54) is 13.2 Å². The highest BCUT2D eigenvalue weighted by Crippen LogP contribution is 2.24. The van der Waals surface area contributed by atoms with Gasteiger partial charge in [0.25, 0.3) is 11.0 Å². The predicted octanol–water partition coefficient (Wildman–Crippen LogP) is 1.53. The lowest BCUT2D eigenvalue weighted by Gasteiger charge is -2.05. The van der Waals surface area contributed by atoms with E-state index in [0.717, 1.165) is 0 Å². The Morgan fingerprint density at radius 2 is 1.94 bits per heavy atom. The molecule has 6 heteroatoms. The summed E-state index contributed by atoms with van der Waals surface area (Å²) in [6.45, 7) is 0. The fourth-order valence-corrected chi connectivity index (χ4v) is 1.98. The highest BCUT2D eigenvalue weighted by Gasteiger charge is 2.10. The quantitative estimate of drug-likeness (QED) is 0.674. The van der Waals surface area contributed by atoms with Crippen molar-refractivity contribution in [2.45, 2.75) is 0 Å². The average molecular weight is 266 g/mol. The van der Waals surface area contributed by atoms with E-state index in [2.05, 4.69) is 8.92 Å². The van der Waals surface area contributed by atoms with Crippen molar-refractivity contribution >= 4 is 27.7 Å². The Bertz CT molecular complexity index is 667. The molecule has 0 saturated carbocycles. The van der Waals surface area contributed by atoms with Crippen LogP contribution in [0.25, 0.3) is 10.8 Å². The molecule has 0 fully saturated rings. The van der Waals surface area contributed by atoms with Crippen molar-refractivity contribution in [1.82, 2.24) is 0 Å². The van der Waals surface area contributed by atoms with Gasteiger partial charge in [0.1, 0.15) is 5.75 Å². The van der Waals surface area contributed by atoms with E-state index in [1.807, 2.05) is 0 Å². The SMILES string of the molecule is COC(=O)c1cccc2cc(O[SH](=O)=O)ccc12. The summed E-state index contributed by atoms with van der Waals surface area (Å²) in [4.78, 5) is 11.5. The third-order valence-corrected chi connectivity index (χ3v) is 2.80. The molecule has 0 aliphatic heterocycles. The summed E-state index contributed by atoms with van der Waals surface area (Å²) in [6.07, 6.45) is 0. The van der Waals surface area contributed by atoms with Crippen LogP contribution in [0, 0.1) is 0 Å². The topological polar surface area (TPSA) is 69.7 Å². The molecule has 0 unspecified atom stereocenters. The van der Waals surface area contributed by atoms with Gasteiger partial charge in [-0.2, -0.15) is 8.42 Å². The molecule has 0 spiro atoms. The molecule has 2 rings (SSSR count). The first-order valence-electron chi connectivity index (χ1n) is 5.05. The van der Waals surface area contributed by atoms with Crippen LogP contribution in [0.15, 0.2) is 36.4 Å². The molecule has 0 aliphatic carbocycles. The molecule has 0 saturated heterocycles. The number of rotatable bonds is 3. The third-order valence-electron chi connectivity index (χ3n) is 2.44. The molecule has 0 aliphatic rings. The van der Waals surface area contributed by atoms with Crippen LogP contribution >= 0.6 is 0 Å². The number of carbonyl (C=O) groups excluding carboxylic acids is 1. The van der Waals surface area contributed by atoms with Crippen LogP contribution in [0.1, 0.15) is 10.4 Å². The molecule has 18 heavy (non-hydrogen) atoms. The van der Waals surface area contributed by atoms with Gasteiger partial charge < -0.3 is 8.92 Å². The maximum absolute atomic E-state index is 11.5. The first kappa shape index (κ1) is 12.4. The Labute approximate surface area is 105 Å². The fraction of sp³-hybridized carbons (Fsp3) is 0.0833. The van der Waals surface area contributed by atoms with Gasteiger partial charge in [0, 0.05) is 0 Å². The number of thiol groups is 1. The second kappa shape index (κ2) is 5.05. The predicted molar refractivity (Wildman–Crippen MR) is 66.2 cm³/mol. The summed E-state index contributed by atoms with van der Waals surface area (Å²) in [6, 6.07) is 9.74. The van der Waals surface area contributed by atoms with Crippen molar-refractivity contribution in [3.05, 3.63) is 42.0 Å². The molecular formula is C12H10O5S. The third kappa shape index (κ3) is 2.43. The van der Waals surface area contributed by atoms with Gasteiger partial charge in [-0.15, -0.1) is 0 Å². The number of fused-ring (bicyclic) bond motifs is 1. The normalized spacial score (nSPS) is 10.6. The first-order chi connectivity index (χ1) is 8.61. The van der Waals surface area contributed by atoms with Crippen molar-refractivity contribution < 1.29 is 22.1 Å². The van der Waals surface area contributed by atoms with E-state index in [0.29, 0.717) is 16.3 Å². The number of ether oxygens (including phenoxy) is 1. The Kier molecular flexibility index (Phi) is 3.47. The van der Waals surface area contributed by atoms with E-state index >= 15 is 0 Å². The van der Waals surface area contributed by atoms with E-state index in [-0.39, 0.29) is 5.75 Å². The van der Waals surface area contributed by atoms with Crippen LogP contribution < -0.4 is 4.18 Å². The standard InChI is InChI=1S/C12H10O5S/c1-16-12(13)11-4-2-3-8-7-9(17-18(14)15)5-6-10(8)11/h2-7,18H,1H3. The average Bonchev–Trinajstić information content (AvgIpc) is 2.36. The summed E-state index contributed by atoms with van der Waals surface area (Å²) in [7, 11) is -1.64. The Balaban J connectivity index is 2.56. The maximum Gasteiger partial charge on any atom is 0.338 e. The minimum Gasteiger partial charge on any atom is -0.465 e. The molecule has 0 atom stereocenters. The highest BCUT2D eigenvalue weighted by atomic mass is 32.2. The molecular weight excluding hydrogens is 256 g/mol. The molecule has 0 N–H and O–H groups in total. The molecule has 0 radical (unpaired) electrons. The van der Waals surface area contributed by atoms with E-state index in [1.54, 1.807) is 30.3 Å². The fourth-order valence-electron chi connectivity index (χ4n) is 1.69. The van der Waals surface area contributed by atoms with Gasteiger partial charge in [0.2, 0.25) is 0 Å². The van der Waals surface area contributed by atoms with Crippen LogP contribution in [0.2, 0.25) is 0 Å². The molecule has 5 nitrogen and oxygen atoms in total. The number of carbonyl (C=O) groups is 1. The van der Waals surface area contributed by atoms with Gasteiger partial charge in [0.15, 0.2) is 0 Å². The molecule has 94 valence electrons. The summed E-state index contributed by atoms with van der Waals surface area (Å²) < 4.78 is 30.2. The number of esters is 1. The summed E-state index contributed by atoms with van der Waals surface area (Å²) in [5.41, 5.74) is 0.424. The molecule has 0 amide bonds. The minimum absolute atomic E-state index is 0.209. The minimum atomic E-state index is -2.95. The monoisotopic (exact) mass is 266 g/mol. The summed E-state index contributed by atoms with van der Waals surface area (Å²) >= 11 is 0. The first-order valence-corrected chi connectivity index (χ1v) is 6.15. The van der Waals surface area contributed by atoms with Crippen LogP contribution in [0.5, 0.6) is 5.75 Å². The number of methoxy groups -OCH3 is 1. The van der Waals surface area contributed by atoms with Crippen LogP contribution in [0.3, 0.4) is 0 Å². The van der Waals surface area contributed by atoms with Crippen LogP contribution in [-0.2, 0) is 15.7 Å². The summed E-state index contributed by atoms with van der Waals surface area (Å²) in [5.74, 6) is -0.232. The van der Waals surface area contributed by atoms with Crippen molar-refractivity contribution in [3.63, 3.8) is 0 Å². The van der Waals surface area contributed by atoms with Gasteiger partial charge in [-0.05, 0) is 35.0 Å². The Hall–Kier alpha value is -2.08. The number of hydrogen-bond donors (Lipinski definition) is 1. The van der Waals surface area contributed by atoms with Gasteiger partial charge in [0.05, 0.1) is 12.7 Å². The molecule has 0 aromatic heterocycles. The molecule has 2 aromatic carbocycles. The molecule has 0 bridgehead atoms. The van der Waals surface area contributed by atoms with Gasteiger partial charge in [-0.25, -0.2) is 4.79 Å².